The third-order valence-corrected chi connectivity index (χ3v) is 1.21. The molecule has 0 saturated heterocycles. The first kappa shape index (κ1) is 18.3. The second-order valence-electron chi connectivity index (χ2n) is 3.98. The monoisotopic (exact) mass is 216 g/mol. The normalized spacial score (nSPS) is 10.5. The van der Waals surface area contributed by atoms with Crippen molar-refractivity contribution in [3.8, 4) is 0 Å². The van der Waals surface area contributed by atoms with Gasteiger partial charge in [0.25, 0.3) is 0 Å². The van der Waals surface area contributed by atoms with E-state index in [2.05, 4.69) is 45.1 Å². The zero-order valence-corrected chi connectivity index (χ0v) is 10.3. The van der Waals surface area contributed by atoms with Gasteiger partial charge in [0.2, 0.25) is 0 Å². The van der Waals surface area contributed by atoms with E-state index >= 15 is 0 Å². The van der Waals surface area contributed by atoms with E-state index in [0.717, 1.165) is 13.1 Å². The van der Waals surface area contributed by atoms with Crippen LogP contribution in [0.2, 0.25) is 0 Å². The zero-order valence-electron chi connectivity index (χ0n) is 8.68. The molecule has 78 valence electrons. The van der Waals surface area contributed by atoms with E-state index < -0.39 is 0 Å². The fraction of sp³-hybridized carbons (Fsp3) is 1.00. The number of likely N-dealkylation sites (N-methyl/N-ethyl adjacent to an activating group) is 1. The van der Waals surface area contributed by atoms with Crippen molar-refractivity contribution < 1.29 is 0 Å². The van der Waals surface area contributed by atoms with E-state index in [4.69, 9.17) is 0 Å². The highest BCUT2D eigenvalue weighted by Gasteiger charge is 2.06. The van der Waals surface area contributed by atoms with Crippen molar-refractivity contribution in [3.63, 3.8) is 0 Å². The fourth-order valence-electron chi connectivity index (χ4n) is 0.655. The molecule has 0 heterocycles. The smallest absolute Gasteiger partial charge is 0.0101 e. The molecule has 0 radical (unpaired) electrons. The number of hydrogen-bond acceptors (Lipinski definition) is 2. The molecule has 0 aromatic carbocycles. The topological polar surface area (TPSA) is 15.3 Å². The quantitative estimate of drug-likeness (QED) is 0.775. The highest BCUT2D eigenvalue weighted by Crippen LogP contribution is 1.96. The molecule has 0 amide bonds. The minimum absolute atomic E-state index is 0. The Morgan fingerprint density at radius 3 is 1.75 bits per heavy atom. The third kappa shape index (κ3) is 16.8. The van der Waals surface area contributed by atoms with Gasteiger partial charge in [-0.2, -0.15) is 0 Å². The summed E-state index contributed by atoms with van der Waals surface area (Å²) in [5.41, 5.74) is 0.260. The summed E-state index contributed by atoms with van der Waals surface area (Å²) in [7, 11) is 4.18. The lowest BCUT2D eigenvalue weighted by Crippen LogP contribution is -2.39. The molecule has 2 nitrogen and oxygen atoms in total. The average Bonchev–Trinajstić information content (AvgIpc) is 1.59. The van der Waals surface area contributed by atoms with E-state index in [-0.39, 0.29) is 30.4 Å². The molecule has 0 atom stereocenters. The molecule has 0 aliphatic carbocycles. The second-order valence-corrected chi connectivity index (χ2v) is 3.98. The standard InChI is InChI=1S/C8H20N2.2ClH/c1-8(2,3)9-6-7-10(4)5;;/h9H,6-7H2,1-5H3;2*1H. The van der Waals surface area contributed by atoms with Gasteiger partial charge in [0, 0.05) is 18.6 Å². The number of nitrogens with one attached hydrogen (secondary N) is 1. The minimum atomic E-state index is 0. The molecule has 12 heavy (non-hydrogen) atoms. The summed E-state index contributed by atoms with van der Waals surface area (Å²) in [6.07, 6.45) is 0. The first-order valence-corrected chi connectivity index (χ1v) is 3.81. The lowest BCUT2D eigenvalue weighted by Gasteiger charge is -2.21. The molecule has 0 aliphatic heterocycles. The maximum Gasteiger partial charge on any atom is 0.0101 e. The van der Waals surface area contributed by atoms with Crippen molar-refractivity contribution in [3.05, 3.63) is 0 Å². The molecule has 0 saturated carbocycles. The number of rotatable bonds is 3. The van der Waals surface area contributed by atoms with Crippen LogP contribution in [-0.4, -0.2) is 37.6 Å². The van der Waals surface area contributed by atoms with Gasteiger partial charge in [0.05, 0.1) is 0 Å². The summed E-state index contributed by atoms with van der Waals surface area (Å²) < 4.78 is 0. The predicted octanol–water partition coefficient (Wildman–Crippen LogP) is 1.78. The third-order valence-electron chi connectivity index (χ3n) is 1.21. The molecule has 0 spiro atoms. The van der Waals surface area contributed by atoms with Gasteiger partial charge >= 0.3 is 0 Å². The first-order chi connectivity index (χ1) is 4.42. The van der Waals surface area contributed by atoms with Crippen molar-refractivity contribution in [2.75, 3.05) is 27.2 Å². The molecule has 0 bridgehead atoms. The van der Waals surface area contributed by atoms with Crippen LogP contribution in [0.1, 0.15) is 20.8 Å². The predicted molar refractivity (Wildman–Crippen MR) is 60.8 cm³/mol. The van der Waals surface area contributed by atoms with Crippen molar-refractivity contribution in [2.24, 2.45) is 0 Å². The van der Waals surface area contributed by atoms with Gasteiger partial charge in [-0.05, 0) is 34.9 Å². The van der Waals surface area contributed by atoms with Gasteiger partial charge in [-0.1, -0.05) is 0 Å². The molecule has 4 heteroatoms. The maximum absolute atomic E-state index is 3.41. The molecule has 0 aromatic heterocycles. The van der Waals surface area contributed by atoms with E-state index in [1.54, 1.807) is 0 Å². The molecular formula is C8H22Cl2N2. The van der Waals surface area contributed by atoms with E-state index in [9.17, 15) is 0 Å². The molecule has 0 aromatic rings. The summed E-state index contributed by atoms with van der Waals surface area (Å²) in [6, 6.07) is 0. The van der Waals surface area contributed by atoms with Gasteiger partial charge < -0.3 is 10.2 Å². The highest BCUT2D eigenvalue weighted by molar-refractivity contribution is 5.85. The molecule has 0 unspecified atom stereocenters. The molecule has 0 fully saturated rings. The first-order valence-electron chi connectivity index (χ1n) is 3.81. The number of halogens is 2. The summed E-state index contributed by atoms with van der Waals surface area (Å²) >= 11 is 0. The molecule has 0 rings (SSSR count). The highest BCUT2D eigenvalue weighted by atomic mass is 35.5. The second kappa shape index (κ2) is 8.11. The van der Waals surface area contributed by atoms with Crippen LogP contribution in [0.25, 0.3) is 0 Å². The molecule has 0 aliphatic rings. The van der Waals surface area contributed by atoms with Gasteiger partial charge in [0.15, 0.2) is 0 Å². The lowest BCUT2D eigenvalue weighted by molar-refractivity contribution is 0.354. The van der Waals surface area contributed by atoms with Crippen LogP contribution in [0.4, 0.5) is 0 Å². The van der Waals surface area contributed by atoms with Crippen LogP contribution in [0.3, 0.4) is 0 Å². The van der Waals surface area contributed by atoms with Crippen LogP contribution in [0, 0.1) is 0 Å². The Morgan fingerprint density at radius 1 is 1.08 bits per heavy atom. The van der Waals surface area contributed by atoms with Gasteiger partial charge in [-0.25, -0.2) is 0 Å². The van der Waals surface area contributed by atoms with Crippen molar-refractivity contribution in [1.82, 2.24) is 10.2 Å². The summed E-state index contributed by atoms with van der Waals surface area (Å²) in [5.74, 6) is 0. The molecular weight excluding hydrogens is 195 g/mol. The minimum Gasteiger partial charge on any atom is -0.311 e. The van der Waals surface area contributed by atoms with E-state index in [0.29, 0.717) is 0 Å². The van der Waals surface area contributed by atoms with Gasteiger partial charge in [-0.15, -0.1) is 24.8 Å². The SMILES string of the molecule is CN(C)CCNC(C)(C)C.Cl.Cl. The van der Waals surface area contributed by atoms with Crippen LogP contribution >= 0.6 is 24.8 Å². The van der Waals surface area contributed by atoms with Gasteiger partial charge in [0.1, 0.15) is 0 Å². The average molecular weight is 217 g/mol. The Bertz CT molecular complexity index is 89.5. The van der Waals surface area contributed by atoms with Gasteiger partial charge in [-0.3, -0.25) is 0 Å². The Kier molecular flexibility index (Phi) is 12.4. The Hall–Kier alpha value is 0.500. The summed E-state index contributed by atoms with van der Waals surface area (Å²) in [6.45, 7) is 8.72. The van der Waals surface area contributed by atoms with Crippen molar-refractivity contribution in [2.45, 2.75) is 26.3 Å². The summed E-state index contributed by atoms with van der Waals surface area (Å²) in [4.78, 5) is 2.18. The van der Waals surface area contributed by atoms with Crippen LogP contribution in [-0.2, 0) is 0 Å². The fourth-order valence-corrected chi connectivity index (χ4v) is 0.655. The Morgan fingerprint density at radius 2 is 1.50 bits per heavy atom. The Balaban J connectivity index is -0.000000405. The van der Waals surface area contributed by atoms with E-state index in [1.165, 1.54) is 0 Å². The van der Waals surface area contributed by atoms with E-state index in [1.807, 2.05) is 0 Å². The zero-order chi connectivity index (χ0) is 8.20. The number of nitrogens with zero attached hydrogens (tertiary/aromatic N) is 1. The largest absolute Gasteiger partial charge is 0.311 e. The van der Waals surface area contributed by atoms with Crippen LogP contribution < -0.4 is 5.32 Å². The molecule has 1 N–H and O–H groups in total. The van der Waals surface area contributed by atoms with Crippen molar-refractivity contribution >= 4 is 24.8 Å². The van der Waals surface area contributed by atoms with Crippen molar-refractivity contribution in [1.29, 1.82) is 0 Å². The number of hydrogen-bond donors (Lipinski definition) is 1. The van der Waals surface area contributed by atoms with Crippen LogP contribution in [0.15, 0.2) is 0 Å². The Labute approximate surface area is 88.9 Å². The lowest BCUT2D eigenvalue weighted by atomic mass is 10.1. The van der Waals surface area contributed by atoms with Crippen LogP contribution in [0.5, 0.6) is 0 Å². The summed E-state index contributed by atoms with van der Waals surface area (Å²) in [5, 5.41) is 3.41. The maximum atomic E-state index is 3.41.